The van der Waals surface area contributed by atoms with E-state index in [1.54, 1.807) is 29.2 Å². The number of allylic oxidation sites excluding steroid dienone is 2. The molecule has 4 N–H and O–H groups in total. The number of hydrogen-bond acceptors (Lipinski definition) is 4. The first kappa shape index (κ1) is 16.6. The Labute approximate surface area is 145 Å². The highest BCUT2D eigenvalue weighted by molar-refractivity contribution is 6.07. The molecule has 128 valence electrons. The van der Waals surface area contributed by atoms with Crippen LogP contribution in [0.15, 0.2) is 66.5 Å². The van der Waals surface area contributed by atoms with Gasteiger partial charge in [0.2, 0.25) is 0 Å². The molecule has 0 unspecified atom stereocenters. The van der Waals surface area contributed by atoms with Gasteiger partial charge >= 0.3 is 0 Å². The summed E-state index contributed by atoms with van der Waals surface area (Å²) in [6.07, 6.45) is 2.83. The van der Waals surface area contributed by atoms with E-state index >= 15 is 0 Å². The van der Waals surface area contributed by atoms with Gasteiger partial charge in [0.15, 0.2) is 0 Å². The third-order valence-corrected chi connectivity index (χ3v) is 3.89. The minimum Gasteiger partial charge on any atom is -0.490 e. The number of halogens is 1. The predicted octanol–water partition coefficient (Wildman–Crippen LogP) is 2.39. The molecule has 1 heterocycles. The van der Waals surface area contributed by atoms with Crippen LogP contribution >= 0.6 is 0 Å². The number of amides is 1. The first-order valence-corrected chi connectivity index (χ1v) is 7.79. The van der Waals surface area contributed by atoms with E-state index in [0.717, 1.165) is 0 Å². The van der Waals surface area contributed by atoms with E-state index in [-0.39, 0.29) is 17.4 Å². The molecule has 0 aromatic heterocycles. The molecule has 0 atom stereocenters. The normalized spacial score (nSPS) is 14.7. The minimum atomic E-state index is -0.349. The van der Waals surface area contributed by atoms with Crippen LogP contribution in [0.5, 0.6) is 5.75 Å². The molecule has 0 aliphatic carbocycles. The van der Waals surface area contributed by atoms with Crippen LogP contribution in [0.3, 0.4) is 0 Å². The highest BCUT2D eigenvalue weighted by Crippen LogP contribution is 2.31. The summed E-state index contributed by atoms with van der Waals surface area (Å²) >= 11 is 0. The zero-order chi connectivity index (χ0) is 17.8. The van der Waals surface area contributed by atoms with Crippen molar-refractivity contribution in [1.29, 1.82) is 0 Å². The molecule has 1 amide bonds. The number of ether oxygens (including phenoxy) is 1. The van der Waals surface area contributed by atoms with E-state index in [4.69, 9.17) is 16.2 Å². The molecule has 0 saturated carbocycles. The van der Waals surface area contributed by atoms with E-state index < -0.39 is 0 Å². The van der Waals surface area contributed by atoms with Crippen molar-refractivity contribution in [2.45, 2.75) is 0 Å². The summed E-state index contributed by atoms with van der Waals surface area (Å²) in [6, 6.07) is 13.1. The molecule has 1 aliphatic heterocycles. The maximum atomic E-state index is 13.1. The second-order valence-corrected chi connectivity index (χ2v) is 5.50. The van der Waals surface area contributed by atoms with E-state index in [1.165, 1.54) is 24.4 Å². The maximum absolute atomic E-state index is 13.1. The fourth-order valence-electron chi connectivity index (χ4n) is 2.64. The van der Waals surface area contributed by atoms with Gasteiger partial charge in [-0.1, -0.05) is 24.3 Å². The summed E-state index contributed by atoms with van der Waals surface area (Å²) in [6.45, 7) is 0.802. The van der Waals surface area contributed by atoms with Gasteiger partial charge in [0.25, 0.3) is 5.91 Å². The molecule has 0 spiro atoms. The molecule has 0 fully saturated rings. The molecule has 0 radical (unpaired) electrons. The van der Waals surface area contributed by atoms with E-state index in [1.807, 2.05) is 12.1 Å². The van der Waals surface area contributed by atoms with E-state index in [2.05, 4.69) is 0 Å². The standard InChI is InChI=1S/C19H18FN3O2/c20-15-7-5-13(6-8-15)14(12-21)11-16(22)19(24)23-9-10-25-18-4-2-1-3-17(18)23/h1-8,11-12H,9-10,21-22H2/b14-12+,16-11-. The monoisotopic (exact) mass is 339 g/mol. The lowest BCUT2D eigenvalue weighted by Gasteiger charge is -2.29. The highest BCUT2D eigenvalue weighted by atomic mass is 19.1. The Bertz CT molecular complexity index is 844. The molecule has 25 heavy (non-hydrogen) atoms. The van der Waals surface area contributed by atoms with E-state index in [0.29, 0.717) is 35.7 Å². The number of nitrogens with two attached hydrogens (primary N) is 2. The van der Waals surface area contributed by atoms with Crippen molar-refractivity contribution in [3.8, 4) is 5.75 Å². The van der Waals surface area contributed by atoms with Gasteiger partial charge < -0.3 is 21.1 Å². The van der Waals surface area contributed by atoms with Crippen LogP contribution in [-0.2, 0) is 4.79 Å². The lowest BCUT2D eigenvalue weighted by atomic mass is 10.1. The largest absolute Gasteiger partial charge is 0.490 e. The zero-order valence-corrected chi connectivity index (χ0v) is 13.5. The number of nitrogens with zero attached hydrogens (tertiary/aromatic N) is 1. The van der Waals surface area contributed by atoms with Crippen LogP contribution in [0.1, 0.15) is 5.56 Å². The second-order valence-electron chi connectivity index (χ2n) is 5.50. The molecular formula is C19H18FN3O2. The first-order valence-electron chi connectivity index (χ1n) is 7.79. The second kappa shape index (κ2) is 7.09. The first-order chi connectivity index (χ1) is 12.1. The van der Waals surface area contributed by atoms with Gasteiger partial charge in [-0.05, 0) is 41.5 Å². The van der Waals surface area contributed by atoms with E-state index in [9.17, 15) is 9.18 Å². The van der Waals surface area contributed by atoms with Crippen LogP contribution < -0.4 is 21.1 Å². The third-order valence-electron chi connectivity index (χ3n) is 3.89. The molecule has 0 bridgehead atoms. The summed E-state index contributed by atoms with van der Waals surface area (Å²) in [7, 11) is 0. The summed E-state index contributed by atoms with van der Waals surface area (Å²) in [5.41, 5.74) is 13.6. The van der Waals surface area contributed by atoms with Gasteiger partial charge in [-0.25, -0.2) is 4.39 Å². The van der Waals surface area contributed by atoms with Crippen LogP contribution in [-0.4, -0.2) is 19.1 Å². The molecule has 0 saturated heterocycles. The lowest BCUT2D eigenvalue weighted by molar-refractivity contribution is -0.115. The van der Waals surface area contributed by atoms with Crippen LogP contribution in [0.2, 0.25) is 0 Å². The van der Waals surface area contributed by atoms with Crippen LogP contribution in [0.4, 0.5) is 10.1 Å². The van der Waals surface area contributed by atoms with Gasteiger partial charge in [-0.15, -0.1) is 0 Å². The van der Waals surface area contributed by atoms with Crippen molar-refractivity contribution >= 4 is 17.2 Å². The lowest BCUT2D eigenvalue weighted by Crippen LogP contribution is -2.40. The fourth-order valence-corrected chi connectivity index (χ4v) is 2.64. The Morgan fingerprint density at radius 1 is 1.16 bits per heavy atom. The predicted molar refractivity (Wildman–Crippen MR) is 95.1 cm³/mol. The Balaban J connectivity index is 1.87. The van der Waals surface area contributed by atoms with Crippen molar-refractivity contribution in [1.82, 2.24) is 0 Å². The summed E-state index contributed by atoms with van der Waals surface area (Å²) in [5.74, 6) is -0.0432. The number of carbonyl (C=O) groups is 1. The Morgan fingerprint density at radius 3 is 2.60 bits per heavy atom. The molecule has 1 aliphatic rings. The Morgan fingerprint density at radius 2 is 1.88 bits per heavy atom. The van der Waals surface area contributed by atoms with Gasteiger partial charge in [-0.3, -0.25) is 4.79 Å². The van der Waals surface area contributed by atoms with Gasteiger partial charge in [0.05, 0.1) is 17.9 Å². The topological polar surface area (TPSA) is 81.6 Å². The van der Waals surface area contributed by atoms with Crippen LogP contribution in [0, 0.1) is 5.82 Å². The number of benzene rings is 2. The number of anilines is 1. The number of rotatable bonds is 3. The van der Waals surface area contributed by atoms with Gasteiger partial charge in [0.1, 0.15) is 18.2 Å². The Kier molecular flexibility index (Phi) is 4.70. The summed E-state index contributed by atoms with van der Waals surface area (Å²) in [5, 5.41) is 0. The average molecular weight is 339 g/mol. The average Bonchev–Trinajstić information content (AvgIpc) is 2.65. The van der Waals surface area contributed by atoms with Crippen LogP contribution in [0.25, 0.3) is 5.57 Å². The Hall–Kier alpha value is -3.28. The fraction of sp³-hybridized carbons (Fsp3) is 0.105. The number of fused-ring (bicyclic) bond motifs is 1. The molecule has 5 nitrogen and oxygen atoms in total. The number of hydrogen-bond donors (Lipinski definition) is 2. The van der Waals surface area contributed by atoms with Crippen molar-refractivity contribution in [3.63, 3.8) is 0 Å². The number of para-hydroxylation sites is 2. The molecule has 2 aromatic carbocycles. The third kappa shape index (κ3) is 3.47. The quantitative estimate of drug-likeness (QED) is 0.664. The summed E-state index contributed by atoms with van der Waals surface area (Å²) in [4.78, 5) is 14.3. The summed E-state index contributed by atoms with van der Waals surface area (Å²) < 4.78 is 18.6. The molecule has 6 heteroatoms. The highest BCUT2D eigenvalue weighted by Gasteiger charge is 2.24. The molecular weight excluding hydrogens is 321 g/mol. The van der Waals surface area contributed by atoms with Gasteiger partial charge in [-0.2, -0.15) is 0 Å². The van der Waals surface area contributed by atoms with Crippen molar-refractivity contribution in [2.75, 3.05) is 18.1 Å². The maximum Gasteiger partial charge on any atom is 0.274 e. The molecule has 2 aromatic rings. The van der Waals surface area contributed by atoms with Gasteiger partial charge in [0, 0.05) is 6.20 Å². The van der Waals surface area contributed by atoms with Crippen molar-refractivity contribution in [2.24, 2.45) is 11.5 Å². The smallest absolute Gasteiger partial charge is 0.274 e. The van der Waals surface area contributed by atoms with Crippen molar-refractivity contribution < 1.29 is 13.9 Å². The molecule has 3 rings (SSSR count). The zero-order valence-electron chi connectivity index (χ0n) is 13.5. The minimum absolute atomic E-state index is 0.0396. The SMILES string of the molecule is N/C=C(\C=C(/N)C(=O)N1CCOc2ccccc21)c1ccc(F)cc1. The van der Waals surface area contributed by atoms with Crippen molar-refractivity contribution in [3.05, 3.63) is 77.9 Å². The number of carbonyl (C=O) groups excluding carboxylic acids is 1.